The summed E-state index contributed by atoms with van der Waals surface area (Å²) < 4.78 is 6.75. The van der Waals surface area contributed by atoms with Crippen LogP contribution in [-0.2, 0) is 13.0 Å². The van der Waals surface area contributed by atoms with Crippen LogP contribution in [0.15, 0.2) is 46.9 Å². The molecule has 0 saturated heterocycles. The second kappa shape index (κ2) is 7.34. The Morgan fingerprint density at radius 1 is 1.05 bits per heavy atom. The van der Waals surface area contributed by atoms with Gasteiger partial charge in [-0.2, -0.15) is 0 Å². The molecule has 0 radical (unpaired) electrons. The van der Waals surface area contributed by atoms with Crippen molar-refractivity contribution in [3.63, 3.8) is 0 Å². The van der Waals surface area contributed by atoms with Crippen LogP contribution in [-0.4, -0.2) is 6.61 Å². The van der Waals surface area contributed by atoms with E-state index in [9.17, 15) is 0 Å². The van der Waals surface area contributed by atoms with Crippen molar-refractivity contribution in [3.8, 4) is 5.75 Å². The van der Waals surface area contributed by atoms with Crippen molar-refractivity contribution < 1.29 is 4.74 Å². The fraction of sp³-hybridized carbons (Fsp3) is 0.294. The second-order valence-electron chi connectivity index (χ2n) is 4.55. The maximum atomic E-state index is 5.68. The Balaban J connectivity index is 2.15. The molecule has 2 rings (SSSR count). The lowest BCUT2D eigenvalue weighted by Gasteiger charge is -2.14. The predicted molar refractivity (Wildman–Crippen MR) is 88.5 cm³/mol. The van der Waals surface area contributed by atoms with Gasteiger partial charge in [-0.15, -0.1) is 0 Å². The van der Waals surface area contributed by atoms with Gasteiger partial charge in [0.1, 0.15) is 5.75 Å². The van der Waals surface area contributed by atoms with Crippen LogP contribution in [0.3, 0.4) is 0 Å². The summed E-state index contributed by atoms with van der Waals surface area (Å²) in [4.78, 5) is 0. The molecule has 0 fully saturated rings. The van der Waals surface area contributed by atoms with E-state index in [2.05, 4.69) is 58.5 Å². The van der Waals surface area contributed by atoms with E-state index in [4.69, 9.17) is 4.74 Å². The van der Waals surface area contributed by atoms with E-state index in [0.717, 1.165) is 28.8 Å². The molecule has 0 amide bonds. The molecule has 0 saturated carbocycles. The number of anilines is 1. The first-order chi connectivity index (χ1) is 9.74. The van der Waals surface area contributed by atoms with Gasteiger partial charge < -0.3 is 10.1 Å². The summed E-state index contributed by atoms with van der Waals surface area (Å²) >= 11 is 3.52. The number of para-hydroxylation sites is 1. The topological polar surface area (TPSA) is 21.3 Å². The highest BCUT2D eigenvalue weighted by molar-refractivity contribution is 9.10. The third kappa shape index (κ3) is 3.76. The highest BCUT2D eigenvalue weighted by Crippen LogP contribution is 2.25. The first-order valence-corrected chi connectivity index (χ1v) is 7.77. The van der Waals surface area contributed by atoms with Crippen LogP contribution in [0.1, 0.15) is 25.0 Å². The van der Waals surface area contributed by atoms with Crippen LogP contribution in [0.5, 0.6) is 5.75 Å². The minimum Gasteiger partial charge on any atom is -0.494 e. The molecule has 0 aromatic heterocycles. The van der Waals surface area contributed by atoms with Crippen LogP contribution < -0.4 is 10.1 Å². The average molecular weight is 334 g/mol. The molecule has 2 aromatic rings. The molecule has 106 valence electrons. The van der Waals surface area contributed by atoms with Crippen molar-refractivity contribution in [1.82, 2.24) is 0 Å². The van der Waals surface area contributed by atoms with Crippen molar-refractivity contribution in [1.29, 1.82) is 0 Å². The zero-order valence-corrected chi connectivity index (χ0v) is 13.5. The molecular weight excluding hydrogens is 314 g/mol. The number of rotatable bonds is 6. The molecule has 0 atom stereocenters. The van der Waals surface area contributed by atoms with Gasteiger partial charge in [-0.25, -0.2) is 0 Å². The zero-order valence-electron chi connectivity index (χ0n) is 11.9. The quantitative estimate of drug-likeness (QED) is 0.801. The molecular formula is C17H20BrNO. The van der Waals surface area contributed by atoms with Gasteiger partial charge in [-0.05, 0) is 43.2 Å². The number of hydrogen-bond acceptors (Lipinski definition) is 2. The van der Waals surface area contributed by atoms with E-state index in [1.54, 1.807) is 0 Å². The lowest BCUT2D eigenvalue weighted by atomic mass is 10.1. The lowest BCUT2D eigenvalue weighted by molar-refractivity contribution is 0.337. The van der Waals surface area contributed by atoms with Gasteiger partial charge in [0.05, 0.1) is 6.61 Å². The lowest BCUT2D eigenvalue weighted by Crippen LogP contribution is -2.05. The monoisotopic (exact) mass is 333 g/mol. The van der Waals surface area contributed by atoms with Crippen LogP contribution in [0, 0.1) is 0 Å². The summed E-state index contributed by atoms with van der Waals surface area (Å²) in [6.45, 7) is 5.61. The number of aryl methyl sites for hydroxylation is 1. The van der Waals surface area contributed by atoms with Crippen molar-refractivity contribution in [2.75, 3.05) is 11.9 Å². The van der Waals surface area contributed by atoms with Crippen LogP contribution in [0.25, 0.3) is 0 Å². The van der Waals surface area contributed by atoms with E-state index in [-0.39, 0.29) is 0 Å². The van der Waals surface area contributed by atoms with Crippen molar-refractivity contribution in [3.05, 3.63) is 58.1 Å². The minimum absolute atomic E-state index is 0.681. The number of benzene rings is 2. The maximum Gasteiger partial charge on any atom is 0.124 e. The molecule has 0 aliphatic carbocycles. The molecule has 0 unspecified atom stereocenters. The Hall–Kier alpha value is -1.48. The summed E-state index contributed by atoms with van der Waals surface area (Å²) in [5.74, 6) is 0.942. The summed E-state index contributed by atoms with van der Waals surface area (Å²) in [6, 6.07) is 14.5. The molecule has 0 bridgehead atoms. The van der Waals surface area contributed by atoms with Gasteiger partial charge >= 0.3 is 0 Å². The fourth-order valence-corrected chi connectivity index (χ4v) is 2.58. The predicted octanol–water partition coefficient (Wildman–Crippen LogP) is 5.02. The summed E-state index contributed by atoms with van der Waals surface area (Å²) in [5.41, 5.74) is 3.69. The Morgan fingerprint density at radius 2 is 1.85 bits per heavy atom. The summed E-state index contributed by atoms with van der Waals surface area (Å²) in [6.07, 6.45) is 1.03. The molecule has 2 aromatic carbocycles. The number of hydrogen-bond donors (Lipinski definition) is 1. The van der Waals surface area contributed by atoms with E-state index in [0.29, 0.717) is 6.61 Å². The van der Waals surface area contributed by atoms with Gasteiger partial charge in [0.25, 0.3) is 0 Å². The van der Waals surface area contributed by atoms with Gasteiger partial charge in [0, 0.05) is 22.3 Å². The van der Waals surface area contributed by atoms with Gasteiger partial charge in [0.2, 0.25) is 0 Å². The number of ether oxygens (including phenoxy) is 1. The van der Waals surface area contributed by atoms with E-state index < -0.39 is 0 Å². The van der Waals surface area contributed by atoms with Crippen molar-refractivity contribution in [2.45, 2.75) is 26.8 Å². The fourth-order valence-electron chi connectivity index (χ4n) is 2.17. The molecule has 1 N–H and O–H groups in total. The largest absolute Gasteiger partial charge is 0.494 e. The molecule has 0 aliphatic heterocycles. The third-order valence-corrected chi connectivity index (χ3v) is 3.68. The number of halogens is 1. The third-order valence-electron chi connectivity index (χ3n) is 3.19. The highest BCUT2D eigenvalue weighted by atomic mass is 79.9. The highest BCUT2D eigenvalue weighted by Gasteiger charge is 2.05. The first kappa shape index (κ1) is 14.9. The zero-order chi connectivity index (χ0) is 14.4. The first-order valence-electron chi connectivity index (χ1n) is 6.97. The normalized spacial score (nSPS) is 10.3. The Labute approximate surface area is 129 Å². The van der Waals surface area contributed by atoms with Crippen molar-refractivity contribution in [2.24, 2.45) is 0 Å². The number of nitrogens with one attached hydrogen (secondary N) is 1. The van der Waals surface area contributed by atoms with E-state index >= 15 is 0 Å². The molecule has 0 aliphatic rings. The molecule has 0 heterocycles. The molecule has 3 heteroatoms. The second-order valence-corrected chi connectivity index (χ2v) is 5.46. The SMILES string of the molecule is CCOc1ccc(Br)cc1CNc1ccccc1CC. The Morgan fingerprint density at radius 3 is 2.60 bits per heavy atom. The van der Waals surface area contributed by atoms with Crippen LogP contribution >= 0.6 is 15.9 Å². The standard InChI is InChI=1S/C17H20BrNO/c1-3-13-7-5-6-8-16(13)19-12-14-11-15(18)9-10-17(14)20-4-2/h5-11,19H,3-4,12H2,1-2H3. The Bertz CT molecular complexity index is 569. The van der Waals surface area contributed by atoms with Gasteiger partial charge in [-0.3, -0.25) is 0 Å². The molecule has 0 spiro atoms. The van der Waals surface area contributed by atoms with E-state index in [1.165, 1.54) is 11.3 Å². The maximum absolute atomic E-state index is 5.68. The van der Waals surface area contributed by atoms with Crippen LogP contribution in [0.2, 0.25) is 0 Å². The molecule has 2 nitrogen and oxygen atoms in total. The van der Waals surface area contributed by atoms with Gasteiger partial charge in [-0.1, -0.05) is 41.1 Å². The average Bonchev–Trinajstić information content (AvgIpc) is 2.48. The van der Waals surface area contributed by atoms with Gasteiger partial charge in [0.15, 0.2) is 0 Å². The summed E-state index contributed by atoms with van der Waals surface area (Å²) in [5, 5.41) is 3.51. The minimum atomic E-state index is 0.681. The smallest absolute Gasteiger partial charge is 0.124 e. The van der Waals surface area contributed by atoms with E-state index in [1.807, 2.05) is 19.1 Å². The van der Waals surface area contributed by atoms with Crippen molar-refractivity contribution >= 4 is 21.6 Å². The van der Waals surface area contributed by atoms with Crippen LogP contribution in [0.4, 0.5) is 5.69 Å². The Kier molecular flexibility index (Phi) is 5.48. The molecule has 20 heavy (non-hydrogen) atoms. The summed E-state index contributed by atoms with van der Waals surface area (Å²) in [7, 11) is 0.